The van der Waals surface area contributed by atoms with Crippen LogP contribution in [0.3, 0.4) is 0 Å². The molecule has 0 atom stereocenters. The Morgan fingerprint density at radius 1 is 1.06 bits per heavy atom. The fourth-order valence-corrected chi connectivity index (χ4v) is 4.26. The summed E-state index contributed by atoms with van der Waals surface area (Å²) in [6.07, 6.45) is 1.97. The first-order chi connectivity index (χ1) is 16.7. The maximum Gasteiger partial charge on any atom is 0.325 e. The molecule has 1 aliphatic rings. The minimum absolute atomic E-state index is 0.0363. The molecule has 0 spiro atoms. The molecule has 0 saturated carbocycles. The molecule has 9 heteroatoms. The van der Waals surface area contributed by atoms with Crippen molar-refractivity contribution in [1.82, 2.24) is 24.9 Å². The zero-order valence-corrected chi connectivity index (χ0v) is 20.7. The van der Waals surface area contributed by atoms with Crippen molar-refractivity contribution in [1.29, 1.82) is 0 Å². The minimum Gasteiger partial charge on any atom is -0.341 e. The Morgan fingerprint density at radius 3 is 2.40 bits per heavy atom. The molecule has 1 saturated heterocycles. The number of halogens is 1. The molecule has 35 heavy (non-hydrogen) atoms. The zero-order valence-electron chi connectivity index (χ0n) is 20.0. The molecule has 8 nitrogen and oxygen atoms in total. The second-order valence-electron chi connectivity index (χ2n) is 9.17. The average molecular weight is 494 g/mol. The molecule has 1 aliphatic heterocycles. The van der Waals surface area contributed by atoms with E-state index in [2.05, 4.69) is 5.32 Å². The second kappa shape index (κ2) is 9.92. The van der Waals surface area contributed by atoms with Crippen LogP contribution in [-0.2, 0) is 22.7 Å². The van der Waals surface area contributed by atoms with Crippen molar-refractivity contribution in [2.24, 2.45) is 0 Å². The Bertz CT molecular complexity index is 1250. The number of nitrogens with zero attached hydrogens (tertiary/aromatic N) is 4. The first-order valence-electron chi connectivity index (χ1n) is 11.4. The van der Waals surface area contributed by atoms with Crippen molar-refractivity contribution in [3.05, 3.63) is 76.9 Å². The largest absolute Gasteiger partial charge is 0.341 e. The summed E-state index contributed by atoms with van der Waals surface area (Å²) in [6.45, 7) is 4.16. The van der Waals surface area contributed by atoms with Gasteiger partial charge in [-0.3, -0.25) is 19.2 Å². The van der Waals surface area contributed by atoms with Gasteiger partial charge in [-0.2, -0.15) is 5.10 Å². The van der Waals surface area contributed by atoms with E-state index in [0.717, 1.165) is 27.3 Å². The Morgan fingerprint density at radius 2 is 1.74 bits per heavy atom. The summed E-state index contributed by atoms with van der Waals surface area (Å²) in [4.78, 5) is 40.1. The fraction of sp³-hybridized carbons (Fsp3) is 0.308. The van der Waals surface area contributed by atoms with Gasteiger partial charge < -0.3 is 10.2 Å². The van der Waals surface area contributed by atoms with E-state index in [1.807, 2.05) is 65.5 Å². The quantitative estimate of drug-likeness (QED) is 0.482. The number of nitrogens with one attached hydrogen (secondary N) is 1. The zero-order chi connectivity index (χ0) is 25.2. The molecule has 4 rings (SSSR count). The predicted molar refractivity (Wildman–Crippen MR) is 134 cm³/mol. The van der Waals surface area contributed by atoms with Gasteiger partial charge in [0.25, 0.3) is 5.91 Å². The molecule has 0 radical (unpaired) electrons. The average Bonchev–Trinajstić information content (AvgIpc) is 3.30. The van der Waals surface area contributed by atoms with Gasteiger partial charge in [0.1, 0.15) is 5.54 Å². The van der Waals surface area contributed by atoms with E-state index in [4.69, 9.17) is 16.7 Å². The number of hydrogen-bond acceptors (Lipinski definition) is 4. The summed E-state index contributed by atoms with van der Waals surface area (Å²) >= 11 is 6.34. The monoisotopic (exact) mass is 493 g/mol. The van der Waals surface area contributed by atoms with Crippen LogP contribution in [0.2, 0.25) is 5.02 Å². The highest BCUT2D eigenvalue weighted by Gasteiger charge is 2.44. The highest BCUT2D eigenvalue weighted by molar-refractivity contribution is 6.31. The molecule has 0 unspecified atom stereocenters. The number of hydrogen-bond donors (Lipinski definition) is 1. The Labute approximate surface area is 209 Å². The van der Waals surface area contributed by atoms with Crippen LogP contribution in [0, 0.1) is 0 Å². The summed E-state index contributed by atoms with van der Waals surface area (Å²) in [5.74, 6) is -0.502. The number of carbonyl (C=O) groups excluding carboxylic acids is 3. The first-order valence-corrected chi connectivity index (χ1v) is 11.8. The first kappa shape index (κ1) is 24.5. The molecule has 0 bridgehead atoms. The van der Waals surface area contributed by atoms with Crippen molar-refractivity contribution in [2.75, 3.05) is 13.6 Å². The molecule has 1 aromatic heterocycles. The van der Waals surface area contributed by atoms with Gasteiger partial charge in [0.15, 0.2) is 0 Å². The van der Waals surface area contributed by atoms with Crippen LogP contribution in [0.5, 0.6) is 0 Å². The lowest BCUT2D eigenvalue weighted by molar-refractivity contribution is -0.132. The number of urea groups is 1. The maximum absolute atomic E-state index is 12.9. The van der Waals surface area contributed by atoms with Gasteiger partial charge in [0, 0.05) is 48.9 Å². The molecular weight excluding hydrogens is 466 g/mol. The van der Waals surface area contributed by atoms with Crippen molar-refractivity contribution < 1.29 is 14.4 Å². The molecule has 182 valence electrons. The van der Waals surface area contributed by atoms with Gasteiger partial charge in [-0.1, -0.05) is 60.1 Å². The van der Waals surface area contributed by atoms with E-state index < -0.39 is 11.6 Å². The summed E-state index contributed by atoms with van der Waals surface area (Å²) in [5.41, 5.74) is 2.61. The smallest absolute Gasteiger partial charge is 0.325 e. The lowest BCUT2D eigenvalue weighted by atomic mass is 10.1. The van der Waals surface area contributed by atoms with Crippen molar-refractivity contribution >= 4 is 29.4 Å². The van der Waals surface area contributed by atoms with E-state index in [1.165, 1.54) is 0 Å². The van der Waals surface area contributed by atoms with E-state index in [9.17, 15) is 14.4 Å². The lowest BCUT2D eigenvalue weighted by Gasteiger charge is -2.19. The molecule has 1 fully saturated rings. The van der Waals surface area contributed by atoms with Crippen LogP contribution >= 0.6 is 11.6 Å². The minimum atomic E-state index is -0.952. The van der Waals surface area contributed by atoms with E-state index in [1.54, 1.807) is 25.8 Å². The summed E-state index contributed by atoms with van der Waals surface area (Å²) in [6, 6.07) is 16.9. The molecule has 2 heterocycles. The molecule has 2 aromatic carbocycles. The Kier molecular flexibility index (Phi) is 6.93. The van der Waals surface area contributed by atoms with Gasteiger partial charge in [0.2, 0.25) is 5.91 Å². The molecule has 3 aromatic rings. The van der Waals surface area contributed by atoms with Gasteiger partial charge in [0.05, 0.1) is 12.2 Å². The third kappa shape index (κ3) is 5.38. The number of aromatic nitrogens is 2. The maximum atomic E-state index is 12.9. The van der Waals surface area contributed by atoms with Gasteiger partial charge in [-0.25, -0.2) is 4.79 Å². The topological polar surface area (TPSA) is 87.5 Å². The molecule has 4 amide bonds. The van der Waals surface area contributed by atoms with Crippen LogP contribution in [0.1, 0.15) is 31.4 Å². The van der Waals surface area contributed by atoms with Crippen molar-refractivity contribution in [2.45, 2.75) is 38.9 Å². The lowest BCUT2D eigenvalue weighted by Crippen LogP contribution is -2.40. The van der Waals surface area contributed by atoms with E-state index >= 15 is 0 Å². The highest BCUT2D eigenvalue weighted by atomic mass is 35.5. The van der Waals surface area contributed by atoms with Gasteiger partial charge in [-0.05, 0) is 25.5 Å². The molecule has 0 aliphatic carbocycles. The summed E-state index contributed by atoms with van der Waals surface area (Å²) in [5, 5.41) is 8.09. The van der Waals surface area contributed by atoms with Crippen LogP contribution in [-0.4, -0.2) is 56.6 Å². The Balaban J connectivity index is 1.49. The van der Waals surface area contributed by atoms with E-state index in [0.29, 0.717) is 18.1 Å². The SMILES string of the molecule is CN(Cc1cn(Cc2ccccc2Cl)nc1-c1ccccc1)C(=O)CCN1C(=O)NC(C)(C)C1=O. The van der Waals surface area contributed by atoms with Gasteiger partial charge >= 0.3 is 6.03 Å². The number of benzene rings is 2. The van der Waals surface area contributed by atoms with E-state index in [-0.39, 0.29) is 24.8 Å². The summed E-state index contributed by atoms with van der Waals surface area (Å²) in [7, 11) is 1.71. The number of rotatable bonds is 8. The number of amides is 4. The fourth-order valence-electron chi connectivity index (χ4n) is 4.06. The molecular formula is C26H28ClN5O3. The van der Waals surface area contributed by atoms with Crippen LogP contribution in [0.4, 0.5) is 4.79 Å². The van der Waals surface area contributed by atoms with Crippen LogP contribution in [0.15, 0.2) is 60.8 Å². The molecule has 1 N–H and O–H groups in total. The standard InChI is InChI=1S/C26H28ClN5O3/c1-26(2)24(34)32(25(35)28-26)14-13-22(33)30(3)15-20-17-31(16-19-11-7-8-12-21(19)27)29-23(20)18-9-5-4-6-10-18/h4-12,17H,13-16H2,1-3H3,(H,28,35). The highest BCUT2D eigenvalue weighted by Crippen LogP contribution is 2.25. The van der Waals surface area contributed by atoms with Gasteiger partial charge in [-0.15, -0.1) is 0 Å². The Hall–Kier alpha value is -3.65. The van der Waals surface area contributed by atoms with Crippen molar-refractivity contribution in [3.63, 3.8) is 0 Å². The normalized spacial score (nSPS) is 14.8. The number of carbonyl (C=O) groups is 3. The number of imide groups is 1. The van der Waals surface area contributed by atoms with Crippen molar-refractivity contribution in [3.8, 4) is 11.3 Å². The van der Waals surface area contributed by atoms with Crippen LogP contribution in [0.25, 0.3) is 11.3 Å². The predicted octanol–water partition coefficient (Wildman–Crippen LogP) is 3.93. The summed E-state index contributed by atoms with van der Waals surface area (Å²) < 4.78 is 1.83. The van der Waals surface area contributed by atoms with Crippen LogP contribution < -0.4 is 5.32 Å². The third-order valence-corrected chi connectivity index (χ3v) is 6.37. The third-order valence-electron chi connectivity index (χ3n) is 6.00. The second-order valence-corrected chi connectivity index (χ2v) is 9.58.